The number of fused-ring (bicyclic) bond motifs is 1. The molecule has 2 aliphatic rings. The molecule has 1 aliphatic heterocycles. The van der Waals surface area contributed by atoms with Crippen LogP contribution in [-0.2, 0) is 23.4 Å². The van der Waals surface area contributed by atoms with Crippen LogP contribution in [0.5, 0.6) is 0 Å². The highest BCUT2D eigenvalue weighted by Crippen LogP contribution is 2.35. The number of nitrogens with one attached hydrogen (secondary N) is 3. The molecule has 0 bridgehead atoms. The first-order chi connectivity index (χ1) is 21.7. The number of amides is 3. The van der Waals surface area contributed by atoms with E-state index in [0.29, 0.717) is 18.4 Å². The normalized spacial score (nSPS) is 16.7. The van der Waals surface area contributed by atoms with Crippen molar-refractivity contribution in [2.45, 2.75) is 76.5 Å². The molecule has 9 heteroatoms. The van der Waals surface area contributed by atoms with Gasteiger partial charge in [-0.2, -0.15) is 0 Å². The molecule has 1 saturated carbocycles. The molecule has 3 aromatic carbocycles. The number of urea groups is 1. The number of hydrogen-bond donors (Lipinski definition) is 3. The molecule has 0 radical (unpaired) electrons. The van der Waals surface area contributed by atoms with Crippen LogP contribution in [0.4, 0.5) is 14.9 Å². The summed E-state index contributed by atoms with van der Waals surface area (Å²) < 4.78 is 13.7. The van der Waals surface area contributed by atoms with Crippen LogP contribution in [0.2, 0.25) is 0 Å². The monoisotopic (exact) mass is 612 g/mol. The number of carbonyl (C=O) groups is 2. The van der Waals surface area contributed by atoms with Crippen molar-refractivity contribution in [2.75, 3.05) is 26.0 Å². The second kappa shape index (κ2) is 14.1. The Kier molecular flexibility index (Phi) is 10.1. The fourth-order valence-corrected chi connectivity index (χ4v) is 6.51. The Hall–Kier alpha value is -4.40. The van der Waals surface area contributed by atoms with Crippen LogP contribution in [0, 0.1) is 5.82 Å². The van der Waals surface area contributed by atoms with E-state index in [4.69, 9.17) is 4.99 Å². The van der Waals surface area contributed by atoms with Crippen LogP contribution in [0.15, 0.2) is 77.8 Å². The van der Waals surface area contributed by atoms with E-state index >= 15 is 0 Å². The van der Waals surface area contributed by atoms with Gasteiger partial charge in [0.15, 0.2) is 5.96 Å². The second-order valence-corrected chi connectivity index (χ2v) is 12.5. The van der Waals surface area contributed by atoms with Crippen molar-refractivity contribution in [2.24, 2.45) is 4.99 Å². The third-order valence-electron chi connectivity index (χ3n) is 9.30. The number of carbonyl (C=O) groups excluding carboxylic acids is 2. The molecule has 1 heterocycles. The molecular formula is C36H45FN6O2. The van der Waals surface area contributed by atoms with Crippen LogP contribution in [0.25, 0.3) is 0 Å². The molecule has 5 rings (SSSR count). The minimum Gasteiger partial charge on any atom is -0.353 e. The zero-order valence-corrected chi connectivity index (χ0v) is 26.8. The fraction of sp³-hybridized carbons (Fsp3) is 0.417. The minimum absolute atomic E-state index is 0.156. The minimum atomic E-state index is -1.07. The third-order valence-corrected chi connectivity index (χ3v) is 9.30. The smallest absolute Gasteiger partial charge is 0.317 e. The van der Waals surface area contributed by atoms with Gasteiger partial charge in [-0.25, -0.2) is 14.2 Å². The van der Waals surface area contributed by atoms with Crippen molar-refractivity contribution < 1.29 is 14.0 Å². The average molecular weight is 613 g/mol. The highest BCUT2D eigenvalue weighted by Gasteiger charge is 2.44. The molecule has 3 aromatic rings. The number of hydrogen-bond acceptors (Lipinski definition) is 5. The Labute approximate surface area is 266 Å². The predicted molar refractivity (Wildman–Crippen MR) is 177 cm³/mol. The van der Waals surface area contributed by atoms with Gasteiger partial charge in [0, 0.05) is 39.8 Å². The molecule has 238 valence electrons. The summed E-state index contributed by atoms with van der Waals surface area (Å²) >= 11 is 0. The molecule has 8 nitrogen and oxygen atoms in total. The summed E-state index contributed by atoms with van der Waals surface area (Å²) in [5.41, 5.74) is 3.98. The van der Waals surface area contributed by atoms with Gasteiger partial charge in [-0.3, -0.25) is 4.79 Å². The first kappa shape index (κ1) is 32.0. The highest BCUT2D eigenvalue weighted by atomic mass is 19.1. The Morgan fingerprint density at radius 1 is 1.00 bits per heavy atom. The molecule has 45 heavy (non-hydrogen) atoms. The zero-order valence-electron chi connectivity index (χ0n) is 26.8. The number of guanidine groups is 1. The van der Waals surface area contributed by atoms with Gasteiger partial charge in [0.1, 0.15) is 11.4 Å². The lowest BCUT2D eigenvalue weighted by Gasteiger charge is -2.46. The number of rotatable bonds is 9. The molecule has 1 fully saturated rings. The zero-order chi connectivity index (χ0) is 32.0. The summed E-state index contributed by atoms with van der Waals surface area (Å²) in [4.78, 5) is 34.9. The SMILES string of the molecule is CC(=O)N(Cc1ccc(F)cc1)C(C)C(CNC1=NCc2ccccc2N1)(NC(=O)N(C)C)c1ccc(C2CCCCC2)cc1. The third kappa shape index (κ3) is 7.47. The molecule has 2 unspecified atom stereocenters. The van der Waals surface area contributed by atoms with Gasteiger partial charge in [-0.1, -0.05) is 73.9 Å². The van der Waals surface area contributed by atoms with Gasteiger partial charge >= 0.3 is 6.03 Å². The average Bonchev–Trinajstić information content (AvgIpc) is 3.06. The lowest BCUT2D eigenvalue weighted by atomic mass is 9.79. The number of anilines is 1. The lowest BCUT2D eigenvalue weighted by Crippen LogP contribution is -2.65. The summed E-state index contributed by atoms with van der Waals surface area (Å²) in [5.74, 6) is 0.632. The predicted octanol–water partition coefficient (Wildman–Crippen LogP) is 6.35. The van der Waals surface area contributed by atoms with Crippen molar-refractivity contribution in [3.63, 3.8) is 0 Å². The number of halogens is 1. The van der Waals surface area contributed by atoms with Crippen LogP contribution in [0.1, 0.15) is 74.1 Å². The molecular weight excluding hydrogens is 567 g/mol. The summed E-state index contributed by atoms with van der Waals surface area (Å²) in [6.45, 7) is 4.52. The maximum atomic E-state index is 13.7. The largest absolute Gasteiger partial charge is 0.353 e. The number of para-hydroxylation sites is 1. The standard InChI is InChI=1S/C36H45FN6O2/c1-25(43(26(2)44)23-27-14-20-32(37)21-15-27)36(41-35(45)42(3)4,24-39-34-38-22-30-12-8-9-13-33(30)40-34)31-18-16-29(17-19-31)28-10-6-5-7-11-28/h8-9,12-21,25,28H,5-7,10-11,22-24H2,1-4H3,(H,41,45)(H2,38,39,40). The molecule has 0 saturated heterocycles. The van der Waals surface area contributed by atoms with Crippen molar-refractivity contribution in [3.8, 4) is 0 Å². The van der Waals surface area contributed by atoms with Gasteiger partial charge in [-0.15, -0.1) is 0 Å². The van der Waals surface area contributed by atoms with Crippen LogP contribution in [-0.4, -0.2) is 54.4 Å². The fourth-order valence-electron chi connectivity index (χ4n) is 6.51. The van der Waals surface area contributed by atoms with E-state index < -0.39 is 11.6 Å². The van der Waals surface area contributed by atoms with Crippen LogP contribution < -0.4 is 16.0 Å². The topological polar surface area (TPSA) is 89.1 Å². The van der Waals surface area contributed by atoms with Crippen LogP contribution in [0.3, 0.4) is 0 Å². The summed E-state index contributed by atoms with van der Waals surface area (Å²) in [7, 11) is 3.41. The molecule has 3 N–H and O–H groups in total. The van der Waals surface area contributed by atoms with Crippen molar-refractivity contribution in [1.82, 2.24) is 20.4 Å². The van der Waals surface area contributed by atoms with E-state index in [2.05, 4.69) is 40.2 Å². The first-order valence-electron chi connectivity index (χ1n) is 15.9. The number of aliphatic imine (C=N–C) groups is 1. The Bertz CT molecular complexity index is 1500. The highest BCUT2D eigenvalue weighted by molar-refractivity contribution is 5.96. The van der Waals surface area contributed by atoms with Crippen molar-refractivity contribution in [1.29, 1.82) is 0 Å². The van der Waals surface area contributed by atoms with E-state index in [9.17, 15) is 14.0 Å². The van der Waals surface area contributed by atoms with Crippen LogP contribution >= 0.6 is 0 Å². The summed E-state index contributed by atoms with van der Waals surface area (Å²) in [6, 6.07) is 21.9. The number of benzene rings is 3. The maximum absolute atomic E-state index is 13.7. The second-order valence-electron chi connectivity index (χ2n) is 12.5. The van der Waals surface area contributed by atoms with E-state index in [1.165, 1.54) is 61.6 Å². The van der Waals surface area contributed by atoms with E-state index in [1.54, 1.807) is 31.1 Å². The first-order valence-corrected chi connectivity index (χ1v) is 15.9. The quantitative estimate of drug-likeness (QED) is 0.263. The Morgan fingerprint density at radius 3 is 2.36 bits per heavy atom. The van der Waals surface area contributed by atoms with E-state index in [0.717, 1.165) is 22.4 Å². The lowest BCUT2D eigenvalue weighted by molar-refractivity contribution is -0.133. The molecule has 0 aromatic heterocycles. The van der Waals surface area contributed by atoms with Crippen molar-refractivity contribution >= 4 is 23.6 Å². The van der Waals surface area contributed by atoms with Gasteiger partial charge < -0.3 is 25.8 Å². The number of nitrogens with zero attached hydrogens (tertiary/aromatic N) is 3. The van der Waals surface area contributed by atoms with E-state index in [-0.39, 0.29) is 30.8 Å². The van der Waals surface area contributed by atoms with Gasteiger partial charge in [0.05, 0.1) is 12.6 Å². The Balaban J connectivity index is 1.54. The van der Waals surface area contributed by atoms with Gasteiger partial charge in [0.2, 0.25) is 5.91 Å². The van der Waals surface area contributed by atoms with Gasteiger partial charge in [0.25, 0.3) is 0 Å². The molecule has 2 atom stereocenters. The Morgan fingerprint density at radius 2 is 1.69 bits per heavy atom. The molecule has 0 spiro atoms. The molecule has 3 amide bonds. The van der Waals surface area contributed by atoms with Gasteiger partial charge in [-0.05, 0) is 66.1 Å². The summed E-state index contributed by atoms with van der Waals surface area (Å²) in [5, 5.41) is 10.2. The molecule has 1 aliphatic carbocycles. The van der Waals surface area contributed by atoms with E-state index in [1.807, 2.05) is 31.2 Å². The summed E-state index contributed by atoms with van der Waals surface area (Å²) in [6.07, 6.45) is 6.14. The van der Waals surface area contributed by atoms with Crippen molar-refractivity contribution in [3.05, 3.63) is 101 Å². The maximum Gasteiger partial charge on any atom is 0.317 e.